The lowest BCUT2D eigenvalue weighted by molar-refractivity contribution is -0.384. The average Bonchev–Trinajstić information content (AvgIpc) is 2.55. The molecule has 120 valence electrons. The van der Waals surface area contributed by atoms with Gasteiger partial charge in [0.1, 0.15) is 0 Å². The smallest absolute Gasteiger partial charge is 0.351 e. The molecule has 23 heavy (non-hydrogen) atoms. The fourth-order valence-electron chi connectivity index (χ4n) is 2.17. The van der Waals surface area contributed by atoms with Crippen molar-refractivity contribution in [2.24, 2.45) is 0 Å². The monoisotopic (exact) mass is 318 g/mol. The first-order chi connectivity index (χ1) is 11.1. The van der Waals surface area contributed by atoms with E-state index in [0.29, 0.717) is 37.9 Å². The lowest BCUT2D eigenvalue weighted by Crippen LogP contribution is -2.38. The molecule has 0 atom stereocenters. The summed E-state index contributed by atoms with van der Waals surface area (Å²) < 4.78 is 5.25. The van der Waals surface area contributed by atoms with Gasteiger partial charge in [0.2, 0.25) is 11.9 Å². The predicted molar refractivity (Wildman–Crippen MR) is 82.1 cm³/mol. The molecule has 1 aliphatic heterocycles. The highest BCUT2D eigenvalue weighted by molar-refractivity contribution is 5.58. The Morgan fingerprint density at radius 1 is 1.30 bits per heavy atom. The number of H-pyrrole nitrogens is 1. The number of hydrogen-bond acceptors (Lipinski definition) is 8. The summed E-state index contributed by atoms with van der Waals surface area (Å²) in [6, 6.07) is 5.92. The Bertz CT molecular complexity index is 771. The van der Waals surface area contributed by atoms with E-state index in [1.807, 2.05) is 4.90 Å². The molecule has 0 radical (unpaired) electrons. The van der Waals surface area contributed by atoms with Gasteiger partial charge in [-0.1, -0.05) is 6.07 Å². The molecular weight excluding hydrogens is 304 g/mol. The highest BCUT2D eigenvalue weighted by Gasteiger charge is 2.15. The van der Waals surface area contributed by atoms with Crippen molar-refractivity contribution in [3.05, 3.63) is 44.9 Å². The second kappa shape index (κ2) is 6.40. The van der Waals surface area contributed by atoms with Crippen molar-refractivity contribution in [2.45, 2.75) is 0 Å². The molecule has 0 aliphatic carbocycles. The summed E-state index contributed by atoms with van der Waals surface area (Å²) in [5.74, 6) is 0.469. The van der Waals surface area contributed by atoms with E-state index in [2.05, 4.69) is 20.3 Å². The Morgan fingerprint density at radius 3 is 2.83 bits per heavy atom. The Hall–Kier alpha value is -3.01. The molecule has 2 aromatic rings. The molecule has 3 rings (SSSR count). The molecular formula is C13H14N6O4. The molecule has 2 N–H and O–H groups in total. The maximum Gasteiger partial charge on any atom is 0.351 e. The summed E-state index contributed by atoms with van der Waals surface area (Å²) in [6.07, 6.45) is 0. The number of anilines is 3. The topological polar surface area (TPSA) is 126 Å². The van der Waals surface area contributed by atoms with Gasteiger partial charge in [-0.3, -0.25) is 15.1 Å². The molecule has 1 fully saturated rings. The normalized spacial score (nSPS) is 14.5. The molecule has 1 aromatic heterocycles. The summed E-state index contributed by atoms with van der Waals surface area (Å²) in [6.45, 7) is 2.28. The van der Waals surface area contributed by atoms with Crippen molar-refractivity contribution in [2.75, 3.05) is 36.5 Å². The molecule has 1 saturated heterocycles. The number of morpholine rings is 1. The quantitative estimate of drug-likeness (QED) is 0.621. The van der Waals surface area contributed by atoms with Crippen molar-refractivity contribution >= 4 is 23.3 Å². The van der Waals surface area contributed by atoms with Gasteiger partial charge in [-0.15, -0.1) is 0 Å². The maximum absolute atomic E-state index is 11.7. The van der Waals surface area contributed by atoms with Gasteiger partial charge in [-0.05, 0) is 6.07 Å². The van der Waals surface area contributed by atoms with E-state index < -0.39 is 10.6 Å². The van der Waals surface area contributed by atoms with Gasteiger partial charge in [-0.2, -0.15) is 9.97 Å². The lowest BCUT2D eigenvalue weighted by Gasteiger charge is -2.26. The zero-order chi connectivity index (χ0) is 16.2. The largest absolute Gasteiger partial charge is 0.378 e. The standard InChI is InChI=1S/C13H14N6O4/c20-13-16-11(14-9-2-1-3-10(8-9)19(21)22)15-12(17-13)18-4-6-23-7-5-18/h1-3,8H,4-7H2,(H2,14,15,16,17,20). The van der Waals surface area contributed by atoms with Crippen LogP contribution in [0.1, 0.15) is 0 Å². The minimum atomic E-state index is -0.547. The van der Waals surface area contributed by atoms with E-state index >= 15 is 0 Å². The van der Waals surface area contributed by atoms with E-state index in [1.54, 1.807) is 12.1 Å². The van der Waals surface area contributed by atoms with E-state index in [9.17, 15) is 14.9 Å². The summed E-state index contributed by atoms with van der Waals surface area (Å²) in [4.78, 5) is 34.4. The third kappa shape index (κ3) is 3.61. The van der Waals surface area contributed by atoms with E-state index in [1.165, 1.54) is 12.1 Å². The number of benzene rings is 1. The Labute approximate surface area is 130 Å². The summed E-state index contributed by atoms with van der Waals surface area (Å²) >= 11 is 0. The van der Waals surface area contributed by atoms with Gasteiger partial charge in [-0.25, -0.2) is 4.79 Å². The molecule has 0 amide bonds. The van der Waals surface area contributed by atoms with Crippen molar-refractivity contribution in [3.8, 4) is 0 Å². The van der Waals surface area contributed by atoms with Gasteiger partial charge < -0.3 is 15.0 Å². The van der Waals surface area contributed by atoms with Gasteiger partial charge in [0.25, 0.3) is 5.69 Å². The molecule has 2 heterocycles. The van der Waals surface area contributed by atoms with Crippen LogP contribution in [0.2, 0.25) is 0 Å². The van der Waals surface area contributed by atoms with Crippen molar-refractivity contribution in [3.63, 3.8) is 0 Å². The van der Waals surface area contributed by atoms with Gasteiger partial charge >= 0.3 is 5.69 Å². The molecule has 1 aromatic carbocycles. The van der Waals surface area contributed by atoms with Gasteiger partial charge in [0, 0.05) is 30.9 Å². The second-order valence-corrected chi connectivity index (χ2v) is 4.83. The first-order valence-corrected chi connectivity index (χ1v) is 6.94. The van der Waals surface area contributed by atoms with Crippen LogP contribution in [0.4, 0.5) is 23.3 Å². The van der Waals surface area contributed by atoms with Crippen molar-refractivity contribution in [1.82, 2.24) is 15.0 Å². The van der Waals surface area contributed by atoms with Crippen LogP contribution in [-0.4, -0.2) is 46.2 Å². The number of nitrogens with zero attached hydrogens (tertiary/aromatic N) is 4. The number of aromatic nitrogens is 3. The molecule has 1 aliphatic rings. The molecule has 0 bridgehead atoms. The molecule has 0 spiro atoms. The van der Waals surface area contributed by atoms with Crippen LogP contribution in [0, 0.1) is 10.1 Å². The molecule has 0 unspecified atom stereocenters. The minimum Gasteiger partial charge on any atom is -0.378 e. The van der Waals surface area contributed by atoms with Gasteiger partial charge in [0.15, 0.2) is 0 Å². The summed E-state index contributed by atoms with van der Waals surface area (Å²) in [5.41, 5.74) is -0.157. The van der Waals surface area contributed by atoms with Crippen LogP contribution in [-0.2, 0) is 4.74 Å². The molecule has 10 heteroatoms. The highest BCUT2D eigenvalue weighted by Crippen LogP contribution is 2.19. The number of hydrogen-bond donors (Lipinski definition) is 2. The first-order valence-electron chi connectivity index (χ1n) is 6.94. The number of nitrogens with one attached hydrogen (secondary N) is 2. The third-order valence-electron chi connectivity index (χ3n) is 3.25. The van der Waals surface area contributed by atoms with Crippen LogP contribution in [0.15, 0.2) is 29.1 Å². The zero-order valence-corrected chi connectivity index (χ0v) is 12.1. The minimum absolute atomic E-state index is 0.0557. The predicted octanol–water partition coefficient (Wildman–Crippen LogP) is 0.653. The third-order valence-corrected chi connectivity index (χ3v) is 3.25. The van der Waals surface area contributed by atoms with Gasteiger partial charge in [0.05, 0.1) is 18.1 Å². The second-order valence-electron chi connectivity index (χ2n) is 4.83. The van der Waals surface area contributed by atoms with Crippen LogP contribution in [0.25, 0.3) is 0 Å². The van der Waals surface area contributed by atoms with Crippen molar-refractivity contribution in [1.29, 1.82) is 0 Å². The fourth-order valence-corrected chi connectivity index (χ4v) is 2.17. The Kier molecular flexibility index (Phi) is 4.15. The van der Waals surface area contributed by atoms with Crippen molar-refractivity contribution < 1.29 is 9.66 Å². The van der Waals surface area contributed by atoms with E-state index in [0.717, 1.165) is 0 Å². The van der Waals surface area contributed by atoms with Crippen LogP contribution in [0.3, 0.4) is 0 Å². The summed E-state index contributed by atoms with van der Waals surface area (Å²) in [5, 5.41) is 13.6. The number of rotatable bonds is 4. The van der Waals surface area contributed by atoms with E-state index in [-0.39, 0.29) is 11.6 Å². The van der Waals surface area contributed by atoms with Crippen LogP contribution >= 0.6 is 0 Å². The van der Waals surface area contributed by atoms with E-state index in [4.69, 9.17) is 4.74 Å². The zero-order valence-electron chi connectivity index (χ0n) is 12.1. The maximum atomic E-state index is 11.7. The number of nitro groups is 1. The van der Waals surface area contributed by atoms with Crippen LogP contribution in [0.5, 0.6) is 0 Å². The molecule has 10 nitrogen and oxygen atoms in total. The SMILES string of the molecule is O=c1nc(N2CCOCC2)nc(Nc2cccc([N+](=O)[O-])c2)[nH]1. The Morgan fingerprint density at radius 2 is 2.09 bits per heavy atom. The highest BCUT2D eigenvalue weighted by atomic mass is 16.6. The molecule has 0 saturated carbocycles. The first kappa shape index (κ1) is 14.9. The number of non-ortho nitro benzene ring substituents is 1. The fraction of sp³-hybridized carbons (Fsp3) is 0.308. The Balaban J connectivity index is 1.85. The van der Waals surface area contributed by atoms with Crippen LogP contribution < -0.4 is 15.9 Å². The number of ether oxygens (including phenoxy) is 1. The lowest BCUT2D eigenvalue weighted by atomic mass is 10.3. The summed E-state index contributed by atoms with van der Waals surface area (Å²) in [7, 11) is 0. The number of nitro benzene ring substituents is 1. The average molecular weight is 318 g/mol. The number of aromatic amines is 1.